The molecule has 0 saturated carbocycles. The van der Waals surface area contributed by atoms with E-state index in [0.29, 0.717) is 0 Å². The van der Waals surface area contributed by atoms with Crippen molar-refractivity contribution in [3.05, 3.63) is 58.7 Å². The van der Waals surface area contributed by atoms with Crippen LogP contribution in [0, 0.1) is 0 Å². The van der Waals surface area contributed by atoms with Gasteiger partial charge in [0.2, 0.25) is 0 Å². The lowest BCUT2D eigenvalue weighted by atomic mass is 9.96. The summed E-state index contributed by atoms with van der Waals surface area (Å²) in [5.74, 6) is 1.76. The number of ether oxygens (including phenoxy) is 1. The Morgan fingerprint density at radius 1 is 0.561 bits per heavy atom. The Bertz CT molecular complexity index is 952. The normalized spacial score (nSPS) is 13.8. The van der Waals surface area contributed by atoms with Crippen molar-refractivity contribution in [2.24, 2.45) is 0 Å². The Labute approximate surface area is 301 Å². The molecule has 0 radical (unpaired) electrons. The van der Waals surface area contributed by atoms with E-state index in [1.165, 1.54) is 75.3 Å². The Kier molecular flexibility index (Phi) is 18.3. The van der Waals surface area contributed by atoms with E-state index in [2.05, 4.69) is 160 Å². The van der Waals surface area contributed by atoms with Crippen LogP contribution in [0.3, 0.4) is 0 Å². The van der Waals surface area contributed by atoms with E-state index in [0.717, 1.165) is 48.3 Å². The van der Waals surface area contributed by atoms with Crippen molar-refractivity contribution in [2.45, 2.75) is 134 Å². The minimum absolute atomic E-state index is 0.188. The summed E-state index contributed by atoms with van der Waals surface area (Å²) in [6.07, 6.45) is 17.2. The monoisotopic (exact) mass is 946 g/mol. The average molecular weight is 952 g/mol. The molecule has 0 amide bonds. The summed E-state index contributed by atoms with van der Waals surface area (Å²) in [4.78, 5) is 0.375. The highest BCUT2D eigenvalue weighted by molar-refractivity contribution is 9.25. The van der Waals surface area contributed by atoms with Gasteiger partial charge in [0.1, 0.15) is 18.0 Å². The average Bonchev–Trinajstić information content (AvgIpc) is 2.92. The van der Waals surface area contributed by atoms with Crippen LogP contribution >= 0.6 is 95.6 Å². The fourth-order valence-corrected chi connectivity index (χ4v) is 8.92. The minimum atomic E-state index is -0.377. The first-order valence-electron chi connectivity index (χ1n) is 15.4. The van der Waals surface area contributed by atoms with E-state index in [1.54, 1.807) is 0 Å². The SMILES string of the molecule is CCCCCCCCC(Br)(Br)c1c(Oc2cccc(C(C)Br)c2C(Br)(Br)CCCCCCCC)cccc1C(C)Br. The van der Waals surface area contributed by atoms with Crippen LogP contribution in [-0.4, -0.2) is 0 Å². The van der Waals surface area contributed by atoms with Gasteiger partial charge in [-0.3, -0.25) is 0 Å². The highest BCUT2D eigenvalue weighted by Crippen LogP contribution is 2.54. The topological polar surface area (TPSA) is 9.23 Å². The van der Waals surface area contributed by atoms with Gasteiger partial charge in [-0.1, -0.05) is 211 Å². The molecule has 0 saturated heterocycles. The molecule has 0 fully saturated rings. The molecule has 2 aromatic rings. The second-order valence-electron chi connectivity index (χ2n) is 11.2. The fourth-order valence-electron chi connectivity index (χ4n) is 5.34. The molecule has 2 atom stereocenters. The molecule has 41 heavy (non-hydrogen) atoms. The second kappa shape index (κ2) is 19.6. The molecule has 0 aromatic heterocycles. The van der Waals surface area contributed by atoms with Crippen molar-refractivity contribution in [3.63, 3.8) is 0 Å². The molecule has 2 unspecified atom stereocenters. The summed E-state index contributed by atoms with van der Waals surface area (Å²) in [5, 5.41) is 0. The van der Waals surface area contributed by atoms with Crippen LogP contribution in [0.25, 0.3) is 0 Å². The number of alkyl halides is 6. The Hall–Kier alpha value is 1.12. The number of benzene rings is 2. The maximum atomic E-state index is 6.95. The first kappa shape index (κ1) is 38.3. The van der Waals surface area contributed by atoms with Gasteiger partial charge < -0.3 is 4.74 Å². The van der Waals surface area contributed by atoms with Crippen LogP contribution in [0.2, 0.25) is 0 Å². The summed E-state index contributed by atoms with van der Waals surface area (Å²) in [6, 6.07) is 12.8. The van der Waals surface area contributed by atoms with Crippen LogP contribution < -0.4 is 4.74 Å². The molecule has 1 nitrogen and oxygen atoms in total. The van der Waals surface area contributed by atoms with Crippen molar-refractivity contribution >= 4 is 95.6 Å². The molecule has 232 valence electrons. The fraction of sp³-hybridized carbons (Fsp3) is 0.647. The molecule has 7 heteroatoms. The van der Waals surface area contributed by atoms with Crippen LogP contribution in [0.15, 0.2) is 36.4 Å². The Morgan fingerprint density at radius 2 is 0.902 bits per heavy atom. The summed E-state index contributed by atoms with van der Waals surface area (Å²) < 4.78 is 6.20. The smallest absolute Gasteiger partial charge is 0.133 e. The summed E-state index contributed by atoms with van der Waals surface area (Å²) >= 11 is 24.1. The third kappa shape index (κ3) is 12.4. The lowest BCUT2D eigenvalue weighted by Gasteiger charge is -2.30. The van der Waals surface area contributed by atoms with E-state index in [1.807, 2.05) is 0 Å². The molecule has 0 aliphatic rings. The molecule has 0 aliphatic heterocycles. The number of halogens is 6. The van der Waals surface area contributed by atoms with Crippen molar-refractivity contribution in [1.29, 1.82) is 0 Å². The van der Waals surface area contributed by atoms with Gasteiger partial charge in [-0.15, -0.1) is 0 Å². The zero-order valence-electron chi connectivity index (χ0n) is 25.2. The predicted molar refractivity (Wildman–Crippen MR) is 203 cm³/mol. The van der Waals surface area contributed by atoms with Crippen molar-refractivity contribution in [1.82, 2.24) is 0 Å². The molecular formula is C34H48Br6O. The van der Waals surface area contributed by atoms with Gasteiger partial charge in [-0.2, -0.15) is 0 Å². The quantitative estimate of drug-likeness (QED) is 0.0949. The van der Waals surface area contributed by atoms with Crippen LogP contribution in [-0.2, 0) is 6.47 Å². The lowest BCUT2D eigenvalue weighted by molar-refractivity contribution is 0.460. The zero-order chi connectivity index (χ0) is 30.5. The number of unbranched alkanes of at least 4 members (excludes halogenated alkanes) is 10. The molecule has 0 spiro atoms. The molecule has 0 aliphatic carbocycles. The molecule has 2 rings (SSSR count). The van der Waals surface area contributed by atoms with Gasteiger partial charge in [0.25, 0.3) is 0 Å². The van der Waals surface area contributed by atoms with Gasteiger partial charge in [-0.05, 0) is 49.9 Å². The highest BCUT2D eigenvalue weighted by atomic mass is 79.9. The maximum Gasteiger partial charge on any atom is 0.133 e. The predicted octanol–water partition coefficient (Wildman–Crippen LogP) is 15.8. The van der Waals surface area contributed by atoms with Gasteiger partial charge in [0.05, 0.1) is 0 Å². The van der Waals surface area contributed by atoms with E-state index >= 15 is 0 Å². The van der Waals surface area contributed by atoms with E-state index in [9.17, 15) is 0 Å². The third-order valence-corrected chi connectivity index (χ3v) is 11.8. The maximum absolute atomic E-state index is 6.95. The number of hydrogen-bond acceptors (Lipinski definition) is 1. The van der Waals surface area contributed by atoms with E-state index in [-0.39, 0.29) is 16.1 Å². The summed E-state index contributed by atoms with van der Waals surface area (Å²) in [5.41, 5.74) is 4.77. The highest BCUT2D eigenvalue weighted by Gasteiger charge is 2.35. The first-order chi connectivity index (χ1) is 19.5. The van der Waals surface area contributed by atoms with E-state index in [4.69, 9.17) is 4.74 Å². The van der Waals surface area contributed by atoms with Crippen LogP contribution in [0.4, 0.5) is 0 Å². The van der Waals surface area contributed by atoms with E-state index < -0.39 is 0 Å². The number of rotatable bonds is 20. The second-order valence-corrected chi connectivity index (χ2v) is 21.5. The van der Waals surface area contributed by atoms with Crippen LogP contribution in [0.5, 0.6) is 11.5 Å². The van der Waals surface area contributed by atoms with Crippen molar-refractivity contribution < 1.29 is 4.74 Å². The Morgan fingerprint density at radius 3 is 1.24 bits per heavy atom. The molecule has 0 N–H and O–H groups in total. The summed E-state index contributed by atoms with van der Waals surface area (Å²) in [6.45, 7) is 8.91. The van der Waals surface area contributed by atoms with Crippen molar-refractivity contribution in [2.75, 3.05) is 0 Å². The molecular weight excluding hydrogens is 904 g/mol. The zero-order valence-corrected chi connectivity index (χ0v) is 34.7. The van der Waals surface area contributed by atoms with Crippen molar-refractivity contribution in [3.8, 4) is 11.5 Å². The van der Waals surface area contributed by atoms with Gasteiger partial charge >= 0.3 is 0 Å². The molecule has 2 aromatic carbocycles. The van der Waals surface area contributed by atoms with Gasteiger partial charge in [0, 0.05) is 20.8 Å². The standard InChI is InChI=1S/C34H48Br6O/c1-5-7-9-11-13-15-23-33(37,38)31-27(25(3)35)19-17-21-29(31)41-30-22-18-20-28(26(4)36)32(30)34(39,40)24-16-14-12-10-8-6-2/h17-22,25-26H,5-16,23-24H2,1-4H3. The number of hydrogen-bond donors (Lipinski definition) is 0. The largest absolute Gasteiger partial charge is 0.457 e. The molecule has 0 heterocycles. The first-order valence-corrected chi connectivity index (χ1v) is 20.4. The van der Waals surface area contributed by atoms with Gasteiger partial charge in [-0.25, -0.2) is 0 Å². The Balaban J connectivity index is 2.42. The third-order valence-electron chi connectivity index (χ3n) is 7.61. The minimum Gasteiger partial charge on any atom is -0.457 e. The summed E-state index contributed by atoms with van der Waals surface area (Å²) in [7, 11) is 0. The van der Waals surface area contributed by atoms with Crippen LogP contribution in [0.1, 0.15) is 149 Å². The molecule has 0 bridgehead atoms. The van der Waals surface area contributed by atoms with Gasteiger partial charge in [0.15, 0.2) is 0 Å². The lowest BCUT2D eigenvalue weighted by Crippen LogP contribution is -2.16.